The molecule has 2 amide bonds. The number of hydrogen-bond donors (Lipinski definition) is 3. The first-order valence-corrected chi connectivity index (χ1v) is 10.2. The third-order valence-electron chi connectivity index (χ3n) is 3.51. The van der Waals surface area contributed by atoms with E-state index in [2.05, 4.69) is 15.4 Å². The van der Waals surface area contributed by atoms with Crippen LogP contribution < -0.4 is 20.1 Å². The molecule has 0 aromatic heterocycles. The second kappa shape index (κ2) is 9.86. The lowest BCUT2D eigenvalue weighted by molar-refractivity contribution is -0.118. The number of sulfonamides is 1. The van der Waals surface area contributed by atoms with Gasteiger partial charge in [-0.3, -0.25) is 9.59 Å². The van der Waals surface area contributed by atoms with Gasteiger partial charge in [0, 0.05) is 24.8 Å². The van der Waals surface area contributed by atoms with Gasteiger partial charge in [0.15, 0.2) is 6.61 Å². The van der Waals surface area contributed by atoms with Gasteiger partial charge >= 0.3 is 0 Å². The highest BCUT2D eigenvalue weighted by molar-refractivity contribution is 7.89. The number of nitrogens with one attached hydrogen (secondary N) is 3. The standard InChI is InChI=1S/C19H23N3O5S/c1-3-11-20-28(25,26)18-9-7-17(8-10-18)27-13-19(24)22-16-6-4-5-15(12-16)21-14(2)23/h4-10,12,20H,3,11,13H2,1-2H3,(H,21,23)(H,22,24). The molecule has 0 bridgehead atoms. The van der Waals surface area contributed by atoms with Crippen LogP contribution in [0, 0.1) is 0 Å². The largest absolute Gasteiger partial charge is 0.484 e. The van der Waals surface area contributed by atoms with Crippen LogP contribution in [0.4, 0.5) is 11.4 Å². The molecule has 2 rings (SSSR count). The van der Waals surface area contributed by atoms with Crippen LogP contribution in [-0.4, -0.2) is 33.4 Å². The third kappa shape index (κ3) is 6.67. The quantitative estimate of drug-likeness (QED) is 0.593. The first kappa shape index (κ1) is 21.4. The Bertz CT molecular complexity index is 927. The van der Waals surface area contributed by atoms with Crippen LogP contribution in [0.1, 0.15) is 20.3 Å². The van der Waals surface area contributed by atoms with E-state index in [-0.39, 0.29) is 23.3 Å². The van der Waals surface area contributed by atoms with Crippen molar-refractivity contribution in [1.29, 1.82) is 0 Å². The van der Waals surface area contributed by atoms with Crippen LogP contribution in [-0.2, 0) is 19.6 Å². The third-order valence-corrected chi connectivity index (χ3v) is 4.99. The van der Waals surface area contributed by atoms with Crippen molar-refractivity contribution in [3.8, 4) is 5.75 Å². The average molecular weight is 405 g/mol. The lowest BCUT2D eigenvalue weighted by Gasteiger charge is -2.10. The van der Waals surface area contributed by atoms with Crippen LogP contribution in [0.5, 0.6) is 5.75 Å². The number of hydrogen-bond acceptors (Lipinski definition) is 5. The van der Waals surface area contributed by atoms with Gasteiger partial charge in [0.1, 0.15) is 5.75 Å². The molecule has 2 aromatic rings. The zero-order valence-corrected chi connectivity index (χ0v) is 16.5. The fourth-order valence-corrected chi connectivity index (χ4v) is 3.39. The van der Waals surface area contributed by atoms with Gasteiger partial charge in [-0.1, -0.05) is 13.0 Å². The van der Waals surface area contributed by atoms with Crippen LogP contribution >= 0.6 is 0 Å². The lowest BCUT2D eigenvalue weighted by atomic mass is 10.2. The van der Waals surface area contributed by atoms with Gasteiger partial charge in [0.05, 0.1) is 4.90 Å². The van der Waals surface area contributed by atoms with Crippen molar-refractivity contribution in [3.05, 3.63) is 48.5 Å². The van der Waals surface area contributed by atoms with Crippen molar-refractivity contribution in [1.82, 2.24) is 4.72 Å². The fourth-order valence-electron chi connectivity index (χ4n) is 2.26. The molecule has 0 saturated carbocycles. The first-order valence-electron chi connectivity index (χ1n) is 8.70. The van der Waals surface area contributed by atoms with E-state index in [4.69, 9.17) is 4.74 Å². The summed E-state index contributed by atoms with van der Waals surface area (Å²) in [5.74, 6) is -0.222. The summed E-state index contributed by atoms with van der Waals surface area (Å²) >= 11 is 0. The van der Waals surface area contributed by atoms with Gasteiger partial charge in [-0.2, -0.15) is 0 Å². The Balaban J connectivity index is 1.90. The van der Waals surface area contributed by atoms with Crippen molar-refractivity contribution >= 4 is 33.2 Å². The molecule has 0 unspecified atom stereocenters. The minimum atomic E-state index is -3.54. The van der Waals surface area contributed by atoms with Gasteiger partial charge in [-0.25, -0.2) is 13.1 Å². The second-order valence-electron chi connectivity index (χ2n) is 5.97. The molecule has 9 heteroatoms. The van der Waals surface area contributed by atoms with E-state index in [1.807, 2.05) is 6.92 Å². The molecule has 0 heterocycles. The van der Waals surface area contributed by atoms with Gasteiger partial charge in [0.2, 0.25) is 15.9 Å². The van der Waals surface area contributed by atoms with Gasteiger partial charge in [-0.15, -0.1) is 0 Å². The summed E-state index contributed by atoms with van der Waals surface area (Å²) in [6, 6.07) is 12.5. The highest BCUT2D eigenvalue weighted by Gasteiger charge is 2.13. The van der Waals surface area contributed by atoms with Gasteiger partial charge in [0.25, 0.3) is 5.91 Å². The number of benzene rings is 2. The van der Waals surface area contributed by atoms with Gasteiger partial charge in [-0.05, 0) is 48.9 Å². The summed E-state index contributed by atoms with van der Waals surface area (Å²) in [7, 11) is -3.54. The Morgan fingerprint density at radius 1 is 1.00 bits per heavy atom. The van der Waals surface area contributed by atoms with Crippen molar-refractivity contribution < 1.29 is 22.7 Å². The molecule has 0 atom stereocenters. The van der Waals surface area contributed by atoms with Gasteiger partial charge < -0.3 is 15.4 Å². The zero-order chi connectivity index (χ0) is 20.6. The van der Waals surface area contributed by atoms with E-state index >= 15 is 0 Å². The molecule has 3 N–H and O–H groups in total. The molecule has 0 fully saturated rings. The summed E-state index contributed by atoms with van der Waals surface area (Å²) in [4.78, 5) is 23.3. The lowest BCUT2D eigenvalue weighted by Crippen LogP contribution is -2.24. The molecule has 150 valence electrons. The summed E-state index contributed by atoms with van der Waals surface area (Å²) in [5, 5.41) is 5.29. The van der Waals surface area contributed by atoms with Crippen LogP contribution in [0.15, 0.2) is 53.4 Å². The molecule has 0 radical (unpaired) electrons. The maximum Gasteiger partial charge on any atom is 0.262 e. The predicted octanol–water partition coefficient (Wildman–Crippen LogP) is 2.35. The summed E-state index contributed by atoms with van der Waals surface area (Å²) < 4.78 is 31.9. The number of ether oxygens (including phenoxy) is 1. The maximum absolute atomic E-state index is 12.0. The van der Waals surface area contributed by atoms with E-state index in [0.717, 1.165) is 0 Å². The maximum atomic E-state index is 12.0. The molecule has 2 aromatic carbocycles. The summed E-state index contributed by atoms with van der Waals surface area (Å²) in [5.41, 5.74) is 1.09. The molecule has 0 aliphatic rings. The van der Waals surface area contributed by atoms with E-state index in [9.17, 15) is 18.0 Å². The van der Waals surface area contributed by atoms with Crippen molar-refractivity contribution in [2.24, 2.45) is 0 Å². The monoisotopic (exact) mass is 405 g/mol. The molecule has 8 nitrogen and oxygen atoms in total. The van der Waals surface area contributed by atoms with E-state index in [0.29, 0.717) is 30.1 Å². The number of rotatable bonds is 9. The van der Waals surface area contributed by atoms with Crippen LogP contribution in [0.2, 0.25) is 0 Å². The minimum absolute atomic E-state index is 0.132. The molecule has 0 aliphatic carbocycles. The number of carbonyl (C=O) groups is 2. The highest BCUT2D eigenvalue weighted by Crippen LogP contribution is 2.17. The Hall–Kier alpha value is -2.91. The Kier molecular flexibility index (Phi) is 7.53. The molecular weight excluding hydrogens is 382 g/mol. The van der Waals surface area contributed by atoms with Crippen molar-refractivity contribution in [3.63, 3.8) is 0 Å². The number of amides is 2. The SMILES string of the molecule is CCCNS(=O)(=O)c1ccc(OCC(=O)Nc2cccc(NC(C)=O)c2)cc1. The smallest absolute Gasteiger partial charge is 0.262 e. The van der Waals surface area contributed by atoms with Crippen molar-refractivity contribution in [2.45, 2.75) is 25.2 Å². The Morgan fingerprint density at radius 3 is 2.25 bits per heavy atom. The summed E-state index contributed by atoms with van der Waals surface area (Å²) in [6.07, 6.45) is 0.698. The highest BCUT2D eigenvalue weighted by atomic mass is 32.2. The topological polar surface area (TPSA) is 114 Å². The molecule has 0 saturated heterocycles. The molecule has 28 heavy (non-hydrogen) atoms. The summed E-state index contributed by atoms with van der Waals surface area (Å²) in [6.45, 7) is 3.39. The van der Waals surface area contributed by atoms with Crippen LogP contribution in [0.25, 0.3) is 0 Å². The predicted molar refractivity (Wildman–Crippen MR) is 107 cm³/mol. The minimum Gasteiger partial charge on any atom is -0.484 e. The normalized spacial score (nSPS) is 10.9. The molecule has 0 spiro atoms. The number of carbonyl (C=O) groups excluding carboxylic acids is 2. The van der Waals surface area contributed by atoms with E-state index in [1.54, 1.807) is 24.3 Å². The van der Waals surface area contributed by atoms with E-state index < -0.39 is 10.0 Å². The van der Waals surface area contributed by atoms with Crippen LogP contribution in [0.3, 0.4) is 0 Å². The zero-order valence-electron chi connectivity index (χ0n) is 15.7. The second-order valence-corrected chi connectivity index (χ2v) is 7.73. The van der Waals surface area contributed by atoms with E-state index in [1.165, 1.54) is 31.2 Å². The van der Waals surface area contributed by atoms with Crippen molar-refractivity contribution in [2.75, 3.05) is 23.8 Å². The Morgan fingerprint density at radius 2 is 1.64 bits per heavy atom. The molecular formula is C19H23N3O5S. The fraction of sp³-hybridized carbons (Fsp3) is 0.263. The number of anilines is 2. The average Bonchev–Trinajstić information content (AvgIpc) is 2.65. The molecule has 0 aliphatic heterocycles. The Labute approximate surface area is 164 Å². The first-order chi connectivity index (χ1) is 13.3.